The number of alkyl halides is 3. The van der Waals surface area contributed by atoms with Crippen molar-refractivity contribution in [1.82, 2.24) is 4.98 Å². The number of ether oxygens (including phenoxy) is 1. The van der Waals surface area contributed by atoms with Gasteiger partial charge in [-0.15, -0.1) is 24.5 Å². The topological polar surface area (TPSA) is 71.5 Å². The molecule has 0 bridgehead atoms. The van der Waals surface area contributed by atoms with Crippen LogP contribution in [-0.2, 0) is 9.59 Å². The van der Waals surface area contributed by atoms with Gasteiger partial charge in [0.25, 0.3) is 0 Å². The maximum absolute atomic E-state index is 12.5. The van der Waals surface area contributed by atoms with E-state index in [9.17, 15) is 22.8 Å². The molecule has 0 radical (unpaired) electrons. The van der Waals surface area contributed by atoms with E-state index in [0.29, 0.717) is 5.13 Å². The summed E-state index contributed by atoms with van der Waals surface area (Å²) in [6.45, 7) is 0.226. The first-order valence-corrected chi connectivity index (χ1v) is 8.09. The van der Waals surface area contributed by atoms with Crippen molar-refractivity contribution in [3.8, 4) is 5.75 Å². The Labute approximate surface area is 144 Å². The summed E-state index contributed by atoms with van der Waals surface area (Å²) in [6.07, 6.45) is -3.03. The molecule has 25 heavy (non-hydrogen) atoms. The maximum atomic E-state index is 12.5. The van der Waals surface area contributed by atoms with E-state index < -0.39 is 29.8 Å². The predicted octanol–water partition coefficient (Wildman–Crippen LogP) is 3.03. The lowest BCUT2D eigenvalue weighted by atomic mass is 10.1. The summed E-state index contributed by atoms with van der Waals surface area (Å²) in [5.74, 6) is -2.28. The highest BCUT2D eigenvalue weighted by Crippen LogP contribution is 2.31. The number of aromatic nitrogens is 1. The van der Waals surface area contributed by atoms with E-state index in [0.717, 1.165) is 12.1 Å². The van der Waals surface area contributed by atoms with Crippen LogP contribution in [0.3, 0.4) is 0 Å². The van der Waals surface area contributed by atoms with E-state index in [1.54, 1.807) is 5.38 Å². The van der Waals surface area contributed by atoms with Gasteiger partial charge in [-0.2, -0.15) is 0 Å². The number of carbonyl (C=O) groups excluding carboxylic acids is 2. The molecular weight excluding hydrogens is 359 g/mol. The summed E-state index contributed by atoms with van der Waals surface area (Å²) in [5, 5.41) is 4.63. The Kier molecular flexibility index (Phi) is 4.62. The van der Waals surface area contributed by atoms with Crippen molar-refractivity contribution in [3.63, 3.8) is 0 Å². The van der Waals surface area contributed by atoms with Gasteiger partial charge in [-0.05, 0) is 18.6 Å². The molecule has 2 heterocycles. The molecule has 1 N–H and O–H groups in total. The summed E-state index contributed by atoms with van der Waals surface area (Å²) in [7, 11) is 0. The highest BCUT2D eigenvalue weighted by molar-refractivity contribution is 7.13. The monoisotopic (exact) mass is 371 g/mol. The molecule has 132 valence electrons. The van der Waals surface area contributed by atoms with Crippen LogP contribution in [0.1, 0.15) is 6.42 Å². The number of hydrogen-bond acceptors (Lipinski definition) is 5. The van der Waals surface area contributed by atoms with Crippen LogP contribution in [0.2, 0.25) is 0 Å². The number of amides is 2. The van der Waals surface area contributed by atoms with E-state index in [-0.39, 0.29) is 18.7 Å². The van der Waals surface area contributed by atoms with E-state index in [1.807, 2.05) is 0 Å². The lowest BCUT2D eigenvalue weighted by Gasteiger charge is -2.18. The highest BCUT2D eigenvalue weighted by atomic mass is 32.1. The van der Waals surface area contributed by atoms with Crippen LogP contribution in [0.25, 0.3) is 0 Å². The van der Waals surface area contributed by atoms with Crippen LogP contribution >= 0.6 is 11.3 Å². The molecule has 0 saturated carbocycles. The van der Waals surface area contributed by atoms with Crippen molar-refractivity contribution >= 4 is 34.0 Å². The Hall–Kier alpha value is -2.62. The molecular formula is C15H12F3N3O3S. The molecule has 10 heteroatoms. The average Bonchev–Trinajstić information content (AvgIpc) is 3.15. The van der Waals surface area contributed by atoms with E-state index >= 15 is 0 Å². The molecule has 1 aliphatic heterocycles. The van der Waals surface area contributed by atoms with Crippen molar-refractivity contribution in [2.75, 3.05) is 16.8 Å². The summed E-state index contributed by atoms with van der Waals surface area (Å²) in [6, 6.07) is 5.10. The highest BCUT2D eigenvalue weighted by Gasteiger charge is 2.38. The Balaban J connectivity index is 1.71. The molecule has 6 nitrogen and oxygen atoms in total. The van der Waals surface area contributed by atoms with Gasteiger partial charge in [0.05, 0.1) is 0 Å². The lowest BCUT2D eigenvalue weighted by Crippen LogP contribution is -2.33. The fraction of sp³-hybridized carbons (Fsp3) is 0.267. The van der Waals surface area contributed by atoms with Gasteiger partial charge in [0.2, 0.25) is 11.8 Å². The number of anilines is 2. The minimum atomic E-state index is -4.82. The van der Waals surface area contributed by atoms with Gasteiger partial charge in [-0.3, -0.25) is 9.59 Å². The third kappa shape index (κ3) is 4.08. The van der Waals surface area contributed by atoms with Gasteiger partial charge in [0, 0.05) is 29.9 Å². The van der Waals surface area contributed by atoms with Crippen LogP contribution in [-0.4, -0.2) is 29.7 Å². The lowest BCUT2D eigenvalue weighted by molar-refractivity contribution is -0.274. The number of nitrogens with one attached hydrogen (secondary N) is 1. The first-order valence-electron chi connectivity index (χ1n) is 7.21. The molecule has 1 saturated heterocycles. The number of benzene rings is 1. The van der Waals surface area contributed by atoms with Crippen molar-refractivity contribution in [2.24, 2.45) is 5.92 Å². The standard InChI is InChI=1S/C15H12F3N3O3S/c16-15(17,18)24-10-3-1-2-9(8-10)21-6-4-11(13(21)23)12(22)20-14-19-5-7-25-14/h1-3,5,7-8,11H,4,6H2,(H,19,20,22). The molecule has 0 spiro atoms. The van der Waals surface area contributed by atoms with Gasteiger partial charge in [-0.1, -0.05) is 6.07 Å². The number of hydrogen-bond donors (Lipinski definition) is 1. The Bertz CT molecular complexity index is 780. The smallest absolute Gasteiger partial charge is 0.406 e. The minimum absolute atomic E-state index is 0.226. The van der Waals surface area contributed by atoms with Crippen molar-refractivity contribution < 1.29 is 27.5 Å². The quantitative estimate of drug-likeness (QED) is 0.839. The normalized spacial score (nSPS) is 17.6. The largest absolute Gasteiger partial charge is 0.573 e. The van der Waals surface area contributed by atoms with Crippen LogP contribution in [0.15, 0.2) is 35.8 Å². The maximum Gasteiger partial charge on any atom is 0.573 e. The molecule has 3 rings (SSSR count). The van der Waals surface area contributed by atoms with Crippen molar-refractivity contribution in [1.29, 1.82) is 0 Å². The molecule has 1 atom stereocenters. The molecule has 1 aromatic carbocycles. The predicted molar refractivity (Wildman–Crippen MR) is 84.3 cm³/mol. The van der Waals surface area contributed by atoms with Crippen LogP contribution < -0.4 is 15.0 Å². The Morgan fingerprint density at radius 1 is 1.40 bits per heavy atom. The molecule has 1 fully saturated rings. The molecule has 2 aromatic rings. The summed E-state index contributed by atoms with van der Waals surface area (Å²) in [5.41, 5.74) is 0.247. The summed E-state index contributed by atoms with van der Waals surface area (Å²) < 4.78 is 40.8. The molecule has 1 unspecified atom stereocenters. The average molecular weight is 371 g/mol. The van der Waals surface area contributed by atoms with Crippen molar-refractivity contribution in [2.45, 2.75) is 12.8 Å². The van der Waals surface area contributed by atoms with Gasteiger partial charge < -0.3 is 15.0 Å². The van der Waals surface area contributed by atoms with Gasteiger partial charge in [-0.25, -0.2) is 4.98 Å². The number of nitrogens with zero attached hydrogens (tertiary/aromatic N) is 2. The zero-order valence-corrected chi connectivity index (χ0v) is 13.4. The first kappa shape index (κ1) is 17.2. The summed E-state index contributed by atoms with van der Waals surface area (Å²) >= 11 is 1.22. The number of carbonyl (C=O) groups is 2. The third-order valence-corrected chi connectivity index (χ3v) is 4.24. The van der Waals surface area contributed by atoms with Gasteiger partial charge >= 0.3 is 6.36 Å². The second-order valence-electron chi connectivity index (χ2n) is 5.20. The molecule has 0 aliphatic carbocycles. The van der Waals surface area contributed by atoms with Crippen molar-refractivity contribution in [3.05, 3.63) is 35.8 Å². The number of rotatable bonds is 4. The SMILES string of the molecule is O=C(Nc1nccs1)C1CCN(c2cccc(OC(F)(F)F)c2)C1=O. The van der Waals surface area contributed by atoms with Crippen LogP contribution in [0.5, 0.6) is 5.75 Å². The zero-order valence-electron chi connectivity index (χ0n) is 12.6. The zero-order chi connectivity index (χ0) is 18.0. The minimum Gasteiger partial charge on any atom is -0.406 e. The van der Waals surface area contributed by atoms with Gasteiger partial charge in [0.15, 0.2) is 5.13 Å². The fourth-order valence-corrected chi connectivity index (χ4v) is 3.04. The molecule has 1 aliphatic rings. The Morgan fingerprint density at radius 2 is 2.20 bits per heavy atom. The van der Waals surface area contributed by atoms with Crippen LogP contribution in [0.4, 0.5) is 24.0 Å². The number of thiazole rings is 1. The summed E-state index contributed by atoms with van der Waals surface area (Å²) in [4.78, 5) is 29.8. The second-order valence-corrected chi connectivity index (χ2v) is 6.10. The number of halogens is 3. The molecule has 2 amide bonds. The van der Waals surface area contributed by atoms with Gasteiger partial charge in [0.1, 0.15) is 11.7 Å². The van der Waals surface area contributed by atoms with E-state index in [2.05, 4.69) is 15.0 Å². The molecule has 1 aromatic heterocycles. The second kappa shape index (κ2) is 6.71. The van der Waals surface area contributed by atoms with E-state index in [1.165, 1.54) is 34.6 Å². The third-order valence-electron chi connectivity index (χ3n) is 3.55. The Morgan fingerprint density at radius 3 is 2.88 bits per heavy atom. The van der Waals surface area contributed by atoms with E-state index in [4.69, 9.17) is 0 Å². The fourth-order valence-electron chi connectivity index (χ4n) is 2.51. The first-order chi connectivity index (χ1) is 11.8. The van der Waals surface area contributed by atoms with Crippen LogP contribution in [0, 0.1) is 5.92 Å².